The van der Waals surface area contributed by atoms with Gasteiger partial charge in [-0.2, -0.15) is 0 Å². The summed E-state index contributed by atoms with van der Waals surface area (Å²) < 4.78 is 0. The smallest absolute Gasteiger partial charge is 0.143 e. The molecule has 0 heterocycles. The Morgan fingerprint density at radius 3 is 2.15 bits per heavy atom. The molecule has 0 amide bonds. The zero-order chi connectivity index (χ0) is 15.1. The van der Waals surface area contributed by atoms with Gasteiger partial charge in [0, 0.05) is 22.9 Å². The summed E-state index contributed by atoms with van der Waals surface area (Å²) in [5.74, 6) is -0.557. The highest BCUT2D eigenvalue weighted by atomic mass is 35.5. The van der Waals surface area contributed by atoms with Gasteiger partial charge in [0.25, 0.3) is 0 Å². The van der Waals surface area contributed by atoms with Crippen LogP contribution in [0.1, 0.15) is 45.1 Å². The molecule has 0 N–H and O–H groups in total. The second-order valence-electron chi connectivity index (χ2n) is 4.92. The van der Waals surface area contributed by atoms with E-state index < -0.39 is 5.92 Å². The van der Waals surface area contributed by atoms with Crippen molar-refractivity contribution in [1.29, 1.82) is 0 Å². The number of unbranched alkanes of at least 4 members (excludes halogenated alkanes) is 1. The van der Waals surface area contributed by atoms with Crippen LogP contribution in [0.2, 0.25) is 10.0 Å². The van der Waals surface area contributed by atoms with Gasteiger partial charge in [-0.3, -0.25) is 9.59 Å². The molecule has 0 radical (unpaired) electrons. The fraction of sp³-hybridized carbons (Fsp3) is 0.500. The Hall–Kier alpha value is -0.860. The molecule has 0 saturated carbocycles. The number of benzene rings is 1. The molecule has 0 aliphatic rings. The third-order valence-electron chi connectivity index (χ3n) is 3.26. The number of hydrogen-bond acceptors (Lipinski definition) is 2. The van der Waals surface area contributed by atoms with Crippen LogP contribution in [-0.2, 0) is 16.0 Å². The van der Waals surface area contributed by atoms with E-state index in [0.717, 1.165) is 18.4 Å². The Bertz CT molecular complexity index is 463. The molecule has 0 bridgehead atoms. The van der Waals surface area contributed by atoms with Crippen LogP contribution in [0.3, 0.4) is 0 Å². The molecule has 0 fully saturated rings. The largest absolute Gasteiger partial charge is 0.299 e. The van der Waals surface area contributed by atoms with E-state index in [2.05, 4.69) is 0 Å². The predicted octanol–water partition coefficient (Wildman–Crippen LogP) is 4.89. The van der Waals surface area contributed by atoms with Crippen LogP contribution in [0.4, 0.5) is 0 Å². The van der Waals surface area contributed by atoms with Crippen LogP contribution in [0.15, 0.2) is 18.2 Å². The van der Waals surface area contributed by atoms with Crippen molar-refractivity contribution in [1.82, 2.24) is 0 Å². The number of halogens is 2. The lowest BCUT2D eigenvalue weighted by Gasteiger charge is -2.14. The number of rotatable bonds is 8. The maximum absolute atomic E-state index is 12.2. The van der Waals surface area contributed by atoms with E-state index in [1.165, 1.54) is 0 Å². The topological polar surface area (TPSA) is 34.1 Å². The molecule has 0 saturated heterocycles. The molecular weight excluding hydrogens is 295 g/mol. The van der Waals surface area contributed by atoms with Crippen molar-refractivity contribution in [3.8, 4) is 0 Å². The van der Waals surface area contributed by atoms with Gasteiger partial charge in [-0.15, -0.1) is 0 Å². The zero-order valence-corrected chi connectivity index (χ0v) is 13.4. The van der Waals surface area contributed by atoms with E-state index in [0.29, 0.717) is 29.3 Å². The van der Waals surface area contributed by atoms with Crippen molar-refractivity contribution >= 4 is 34.8 Å². The minimum Gasteiger partial charge on any atom is -0.299 e. The van der Waals surface area contributed by atoms with Crippen LogP contribution >= 0.6 is 23.2 Å². The first-order chi connectivity index (χ1) is 9.47. The van der Waals surface area contributed by atoms with Gasteiger partial charge in [0.2, 0.25) is 0 Å². The average molecular weight is 315 g/mol. The van der Waals surface area contributed by atoms with E-state index >= 15 is 0 Å². The highest BCUT2D eigenvalue weighted by Gasteiger charge is 2.24. The van der Waals surface area contributed by atoms with Crippen molar-refractivity contribution in [2.24, 2.45) is 5.92 Å². The van der Waals surface area contributed by atoms with Gasteiger partial charge in [0.05, 0.1) is 5.92 Å². The first-order valence-electron chi connectivity index (χ1n) is 6.98. The summed E-state index contributed by atoms with van der Waals surface area (Å²) in [7, 11) is 0. The number of carbonyl (C=O) groups excluding carboxylic acids is 2. The summed E-state index contributed by atoms with van der Waals surface area (Å²) >= 11 is 11.9. The molecule has 1 aromatic rings. The summed E-state index contributed by atoms with van der Waals surface area (Å²) in [6, 6.07) is 5.16. The number of Topliss-reactive ketones (excluding diaryl/α,β-unsaturated/α-hetero) is 2. The second-order valence-corrected chi connectivity index (χ2v) is 5.80. The SMILES string of the molecule is CCCCC(=O)C(Cc1cc(Cl)cc(Cl)c1)C(=O)CC. The second kappa shape index (κ2) is 8.43. The van der Waals surface area contributed by atoms with Gasteiger partial charge in [-0.25, -0.2) is 0 Å². The molecule has 0 aromatic heterocycles. The monoisotopic (exact) mass is 314 g/mol. The van der Waals surface area contributed by atoms with E-state index in [4.69, 9.17) is 23.2 Å². The third kappa shape index (κ3) is 5.26. The number of hydrogen-bond donors (Lipinski definition) is 0. The van der Waals surface area contributed by atoms with Crippen LogP contribution in [0.25, 0.3) is 0 Å². The predicted molar refractivity (Wildman–Crippen MR) is 83.5 cm³/mol. The van der Waals surface area contributed by atoms with E-state index in [-0.39, 0.29) is 11.6 Å². The van der Waals surface area contributed by atoms with E-state index in [9.17, 15) is 9.59 Å². The van der Waals surface area contributed by atoms with Gasteiger partial charge >= 0.3 is 0 Å². The fourth-order valence-corrected chi connectivity index (χ4v) is 2.71. The van der Waals surface area contributed by atoms with Crippen LogP contribution in [0.5, 0.6) is 0 Å². The highest BCUT2D eigenvalue weighted by Crippen LogP contribution is 2.23. The lowest BCUT2D eigenvalue weighted by atomic mass is 9.88. The standard InChI is InChI=1S/C16H20Cl2O2/c1-3-5-6-16(20)14(15(19)4-2)9-11-7-12(17)10-13(18)8-11/h7-8,10,14H,3-6,9H2,1-2H3. The third-order valence-corrected chi connectivity index (χ3v) is 3.70. The molecule has 1 atom stereocenters. The van der Waals surface area contributed by atoms with Gasteiger partial charge < -0.3 is 0 Å². The molecule has 0 spiro atoms. The number of carbonyl (C=O) groups is 2. The fourth-order valence-electron chi connectivity index (χ4n) is 2.14. The van der Waals surface area contributed by atoms with Crippen molar-refractivity contribution in [2.75, 3.05) is 0 Å². The van der Waals surface area contributed by atoms with Crippen molar-refractivity contribution in [2.45, 2.75) is 46.0 Å². The number of ketones is 2. The molecule has 20 heavy (non-hydrogen) atoms. The lowest BCUT2D eigenvalue weighted by molar-refractivity contribution is -0.132. The van der Waals surface area contributed by atoms with Gasteiger partial charge in [0.1, 0.15) is 11.6 Å². The summed E-state index contributed by atoms with van der Waals surface area (Å²) in [6.45, 7) is 3.81. The minimum atomic E-state index is -0.568. The Morgan fingerprint density at radius 1 is 1.05 bits per heavy atom. The molecule has 110 valence electrons. The van der Waals surface area contributed by atoms with E-state index in [1.54, 1.807) is 25.1 Å². The van der Waals surface area contributed by atoms with E-state index in [1.807, 2.05) is 6.92 Å². The molecular formula is C16H20Cl2O2. The molecule has 0 aliphatic carbocycles. The molecule has 2 nitrogen and oxygen atoms in total. The van der Waals surface area contributed by atoms with Gasteiger partial charge in [-0.05, 0) is 36.6 Å². The average Bonchev–Trinajstić information content (AvgIpc) is 2.40. The molecule has 0 aliphatic heterocycles. The summed E-state index contributed by atoms with van der Waals surface area (Å²) in [4.78, 5) is 24.2. The summed E-state index contributed by atoms with van der Waals surface area (Å²) in [5, 5.41) is 1.05. The summed E-state index contributed by atoms with van der Waals surface area (Å²) in [6.07, 6.45) is 2.98. The molecule has 1 aromatic carbocycles. The first kappa shape index (κ1) is 17.2. The van der Waals surface area contributed by atoms with Crippen LogP contribution in [-0.4, -0.2) is 11.6 Å². The van der Waals surface area contributed by atoms with Crippen LogP contribution in [0, 0.1) is 5.92 Å². The minimum absolute atomic E-state index is 0.0119. The van der Waals surface area contributed by atoms with Gasteiger partial charge in [0.15, 0.2) is 0 Å². The maximum Gasteiger partial charge on any atom is 0.143 e. The van der Waals surface area contributed by atoms with Crippen molar-refractivity contribution in [3.05, 3.63) is 33.8 Å². The van der Waals surface area contributed by atoms with Crippen LogP contribution < -0.4 is 0 Å². The quantitative estimate of drug-likeness (QED) is 0.640. The maximum atomic E-state index is 12.2. The summed E-state index contributed by atoms with van der Waals surface area (Å²) in [5.41, 5.74) is 0.833. The normalized spacial score (nSPS) is 12.2. The van der Waals surface area contributed by atoms with Crippen molar-refractivity contribution in [3.63, 3.8) is 0 Å². The molecule has 1 rings (SSSR count). The Labute approximate surface area is 130 Å². The lowest BCUT2D eigenvalue weighted by Crippen LogP contribution is -2.25. The molecule has 1 unspecified atom stereocenters. The first-order valence-corrected chi connectivity index (χ1v) is 7.73. The Balaban J connectivity index is 2.88. The van der Waals surface area contributed by atoms with Gasteiger partial charge in [-0.1, -0.05) is 43.5 Å². The highest BCUT2D eigenvalue weighted by molar-refractivity contribution is 6.34. The molecule has 4 heteroatoms. The Morgan fingerprint density at radius 2 is 1.65 bits per heavy atom. The zero-order valence-electron chi connectivity index (χ0n) is 11.9. The Kier molecular flexibility index (Phi) is 7.25. The van der Waals surface area contributed by atoms with Crippen molar-refractivity contribution < 1.29 is 9.59 Å².